The third-order valence-electron chi connectivity index (χ3n) is 3.96. The minimum Gasteiger partial charge on any atom is -0.383 e. The number of hydrogen-bond donors (Lipinski definition) is 4. The van der Waals surface area contributed by atoms with Crippen molar-refractivity contribution in [1.82, 2.24) is 19.9 Å². The van der Waals surface area contributed by atoms with Crippen molar-refractivity contribution in [2.45, 2.75) is 19.4 Å². The van der Waals surface area contributed by atoms with Crippen molar-refractivity contribution in [1.29, 1.82) is 0 Å². The van der Waals surface area contributed by atoms with Gasteiger partial charge in [-0.3, -0.25) is 4.98 Å². The maximum Gasteiger partial charge on any atom is 0.227 e. The molecule has 0 saturated carbocycles. The largest absolute Gasteiger partial charge is 0.383 e. The number of halogens is 3. The van der Waals surface area contributed by atoms with E-state index in [4.69, 9.17) is 11.5 Å². The monoisotopic (exact) mass is 440 g/mol. The molecular weight excluding hydrogens is 418 g/mol. The molecule has 156 valence electrons. The fourth-order valence-corrected chi connectivity index (χ4v) is 2.57. The highest BCUT2D eigenvalue weighted by Gasteiger charge is 2.15. The fourth-order valence-electron chi connectivity index (χ4n) is 2.57. The van der Waals surface area contributed by atoms with Gasteiger partial charge in [-0.1, -0.05) is 12.1 Å². The molecule has 1 unspecified atom stereocenters. The Morgan fingerprint density at radius 3 is 2.45 bits per heavy atom. The minimum atomic E-state index is -0.284. The van der Waals surface area contributed by atoms with Crippen LogP contribution in [-0.4, -0.2) is 26.5 Å². The van der Waals surface area contributed by atoms with Crippen LogP contribution in [0.4, 0.5) is 27.8 Å². The molecule has 0 amide bonds. The summed E-state index contributed by atoms with van der Waals surface area (Å²) in [6, 6.07) is 6.09. The van der Waals surface area contributed by atoms with Crippen molar-refractivity contribution in [2.24, 2.45) is 5.73 Å². The van der Waals surface area contributed by atoms with Gasteiger partial charge in [-0.15, -0.1) is 24.8 Å². The highest BCUT2D eigenvalue weighted by molar-refractivity contribution is 5.85. The fraction of sp³-hybridized carbons (Fsp3) is 0.222. The van der Waals surface area contributed by atoms with Crippen molar-refractivity contribution in [3.05, 3.63) is 59.8 Å². The Morgan fingerprint density at radius 2 is 1.83 bits per heavy atom. The van der Waals surface area contributed by atoms with E-state index in [1.807, 2.05) is 6.92 Å². The van der Waals surface area contributed by atoms with Gasteiger partial charge in [-0.25, -0.2) is 9.37 Å². The van der Waals surface area contributed by atoms with Gasteiger partial charge in [0.15, 0.2) is 0 Å². The molecule has 3 aromatic rings. The number of anilines is 4. The molecule has 0 fully saturated rings. The van der Waals surface area contributed by atoms with Crippen LogP contribution in [0, 0.1) is 5.82 Å². The van der Waals surface area contributed by atoms with Gasteiger partial charge in [-0.05, 0) is 37.6 Å². The molecule has 11 heteroatoms. The van der Waals surface area contributed by atoms with Crippen LogP contribution < -0.4 is 22.1 Å². The zero-order chi connectivity index (χ0) is 19.2. The van der Waals surface area contributed by atoms with Crippen LogP contribution in [0.2, 0.25) is 0 Å². The standard InChI is InChI=1S/C18H21FN8.2ClH/c1-11(12-2-4-13(19)5-3-12)24-18-26-16(21)14(6-7-20)17(27-18)25-15-10-22-8-9-23-15;;/h2-5,8-11H,6-7,20H2,1H3,(H4,21,23,24,25,26,27);2*1H. The van der Waals surface area contributed by atoms with E-state index in [0.717, 1.165) is 5.56 Å². The zero-order valence-electron chi connectivity index (χ0n) is 15.7. The van der Waals surface area contributed by atoms with Gasteiger partial charge >= 0.3 is 0 Å². The second kappa shape index (κ2) is 11.3. The number of nitrogens with two attached hydrogens (primary N) is 2. The molecule has 0 aliphatic rings. The van der Waals surface area contributed by atoms with Crippen molar-refractivity contribution >= 4 is 48.2 Å². The van der Waals surface area contributed by atoms with E-state index >= 15 is 0 Å². The molecule has 0 saturated heterocycles. The van der Waals surface area contributed by atoms with Crippen molar-refractivity contribution in [2.75, 3.05) is 22.9 Å². The van der Waals surface area contributed by atoms with E-state index in [-0.39, 0.29) is 36.7 Å². The van der Waals surface area contributed by atoms with Gasteiger partial charge in [-0.2, -0.15) is 9.97 Å². The smallest absolute Gasteiger partial charge is 0.227 e. The average Bonchev–Trinajstić information content (AvgIpc) is 2.66. The van der Waals surface area contributed by atoms with E-state index in [1.165, 1.54) is 12.1 Å². The molecule has 0 spiro atoms. The van der Waals surface area contributed by atoms with Crippen LogP contribution in [0.3, 0.4) is 0 Å². The number of rotatable bonds is 7. The van der Waals surface area contributed by atoms with Crippen LogP contribution in [0.1, 0.15) is 24.1 Å². The summed E-state index contributed by atoms with van der Waals surface area (Å²) >= 11 is 0. The number of aromatic nitrogens is 4. The maximum absolute atomic E-state index is 13.1. The molecule has 29 heavy (non-hydrogen) atoms. The lowest BCUT2D eigenvalue weighted by Crippen LogP contribution is -2.15. The van der Waals surface area contributed by atoms with Crippen molar-refractivity contribution < 1.29 is 4.39 Å². The van der Waals surface area contributed by atoms with Gasteiger partial charge in [0.1, 0.15) is 23.3 Å². The summed E-state index contributed by atoms with van der Waals surface area (Å²) in [5.41, 5.74) is 13.4. The summed E-state index contributed by atoms with van der Waals surface area (Å²) in [6.07, 6.45) is 5.25. The SMILES string of the molecule is CC(Nc1nc(N)c(CCN)c(Nc2cnccn2)n1)c1ccc(F)cc1.Cl.Cl. The minimum absolute atomic E-state index is 0. The molecule has 2 heterocycles. The average molecular weight is 441 g/mol. The summed E-state index contributed by atoms with van der Waals surface area (Å²) in [5, 5.41) is 6.29. The Bertz CT molecular complexity index is 896. The first-order valence-electron chi connectivity index (χ1n) is 8.48. The van der Waals surface area contributed by atoms with Crippen LogP contribution in [-0.2, 0) is 6.42 Å². The van der Waals surface area contributed by atoms with Crippen LogP contribution in [0.5, 0.6) is 0 Å². The quantitative estimate of drug-likeness (QED) is 0.440. The molecule has 0 radical (unpaired) electrons. The third-order valence-corrected chi connectivity index (χ3v) is 3.96. The highest BCUT2D eigenvalue weighted by Crippen LogP contribution is 2.25. The molecule has 8 nitrogen and oxygen atoms in total. The summed E-state index contributed by atoms with van der Waals surface area (Å²) in [5.74, 6) is 1.44. The van der Waals surface area contributed by atoms with E-state index in [1.54, 1.807) is 30.7 Å². The first kappa shape index (κ1) is 24.3. The zero-order valence-corrected chi connectivity index (χ0v) is 17.3. The summed E-state index contributed by atoms with van der Waals surface area (Å²) in [7, 11) is 0. The van der Waals surface area contributed by atoms with Crippen molar-refractivity contribution in [3.8, 4) is 0 Å². The first-order chi connectivity index (χ1) is 13.1. The van der Waals surface area contributed by atoms with Crippen molar-refractivity contribution in [3.63, 3.8) is 0 Å². The normalized spacial score (nSPS) is 11.0. The number of hydrogen-bond acceptors (Lipinski definition) is 8. The predicted molar refractivity (Wildman–Crippen MR) is 117 cm³/mol. The van der Waals surface area contributed by atoms with Gasteiger partial charge in [0.2, 0.25) is 5.95 Å². The maximum atomic E-state index is 13.1. The number of nitrogens with one attached hydrogen (secondary N) is 2. The van der Waals surface area contributed by atoms with E-state index in [2.05, 4.69) is 30.6 Å². The summed E-state index contributed by atoms with van der Waals surface area (Å²) in [4.78, 5) is 17.1. The summed E-state index contributed by atoms with van der Waals surface area (Å²) in [6.45, 7) is 2.33. The molecule has 0 bridgehead atoms. The molecule has 2 aromatic heterocycles. The molecular formula is C18H23Cl2FN8. The second-order valence-electron chi connectivity index (χ2n) is 5.93. The van der Waals surface area contributed by atoms with Crippen LogP contribution in [0.15, 0.2) is 42.9 Å². The van der Waals surface area contributed by atoms with Crippen LogP contribution in [0.25, 0.3) is 0 Å². The Kier molecular flexibility index (Phi) is 9.46. The molecule has 1 atom stereocenters. The molecule has 3 rings (SSSR count). The molecule has 0 aliphatic carbocycles. The third kappa shape index (κ3) is 6.38. The Morgan fingerprint density at radius 1 is 1.10 bits per heavy atom. The predicted octanol–water partition coefficient (Wildman–Crippen LogP) is 3.25. The van der Waals surface area contributed by atoms with E-state index in [0.29, 0.717) is 41.9 Å². The van der Waals surface area contributed by atoms with Gasteiger partial charge < -0.3 is 22.1 Å². The highest BCUT2D eigenvalue weighted by atomic mass is 35.5. The summed E-state index contributed by atoms with van der Waals surface area (Å²) < 4.78 is 13.1. The number of benzene rings is 1. The lowest BCUT2D eigenvalue weighted by Gasteiger charge is -2.18. The van der Waals surface area contributed by atoms with Gasteiger partial charge in [0.25, 0.3) is 0 Å². The molecule has 0 aliphatic heterocycles. The van der Waals surface area contributed by atoms with E-state index < -0.39 is 0 Å². The molecule has 6 N–H and O–H groups in total. The van der Waals surface area contributed by atoms with E-state index in [9.17, 15) is 4.39 Å². The lowest BCUT2D eigenvalue weighted by molar-refractivity contribution is 0.626. The van der Waals surface area contributed by atoms with Gasteiger partial charge in [0, 0.05) is 18.0 Å². The van der Waals surface area contributed by atoms with Gasteiger partial charge in [0.05, 0.1) is 12.2 Å². The Hall–Kier alpha value is -2.75. The second-order valence-corrected chi connectivity index (χ2v) is 5.93. The Balaban J connectivity index is 0.00000210. The number of nitrogen functional groups attached to an aromatic ring is 1. The Labute approximate surface area is 180 Å². The lowest BCUT2D eigenvalue weighted by atomic mass is 10.1. The molecule has 1 aromatic carbocycles. The topological polar surface area (TPSA) is 128 Å². The first-order valence-corrected chi connectivity index (χ1v) is 8.48. The number of nitrogens with zero attached hydrogens (tertiary/aromatic N) is 4. The van der Waals surface area contributed by atoms with Crippen LogP contribution >= 0.6 is 24.8 Å².